The molecule has 3 nitrogen and oxygen atoms in total. The summed E-state index contributed by atoms with van der Waals surface area (Å²) in [5.41, 5.74) is 1.13. The second-order valence-corrected chi connectivity index (χ2v) is 6.99. The molecular weight excluding hydrogens is 343 g/mol. The van der Waals surface area contributed by atoms with E-state index in [0.717, 1.165) is 25.4 Å². The van der Waals surface area contributed by atoms with Gasteiger partial charge in [-0.05, 0) is 0 Å². The van der Waals surface area contributed by atoms with Crippen LogP contribution in [0.25, 0.3) is 9.65 Å². The fourth-order valence-electron chi connectivity index (χ4n) is 2.19. The van der Waals surface area contributed by atoms with E-state index in [9.17, 15) is 4.79 Å². The molecule has 112 valence electrons. The van der Waals surface area contributed by atoms with E-state index >= 15 is 0 Å². The number of hydrogen-bond acceptors (Lipinski definition) is 3. The molecule has 1 aromatic heterocycles. The molecule has 0 N–H and O–H groups in total. The summed E-state index contributed by atoms with van der Waals surface area (Å²) in [5, 5.41) is 1.06. The summed E-state index contributed by atoms with van der Waals surface area (Å²) in [6, 6.07) is 17.9. The maximum absolute atomic E-state index is 11.9. The van der Waals surface area contributed by atoms with E-state index in [-0.39, 0.29) is 20.5 Å². The van der Waals surface area contributed by atoms with Crippen LogP contribution in [0.4, 0.5) is 0 Å². The summed E-state index contributed by atoms with van der Waals surface area (Å²) in [6.07, 6.45) is 0. The Morgan fingerprint density at radius 3 is 2.68 bits per heavy atom. The van der Waals surface area contributed by atoms with Gasteiger partial charge < -0.3 is 0 Å². The van der Waals surface area contributed by atoms with Crippen molar-refractivity contribution >= 4 is 30.1 Å². The van der Waals surface area contributed by atoms with Crippen LogP contribution in [-0.4, -0.2) is 27.1 Å². The van der Waals surface area contributed by atoms with Crippen molar-refractivity contribution < 1.29 is 14.3 Å². The Hall–Kier alpha value is -2.03. The van der Waals surface area contributed by atoms with Crippen molar-refractivity contribution in [2.45, 2.75) is 13.5 Å². The van der Waals surface area contributed by atoms with Gasteiger partial charge in [-0.2, -0.15) is 0 Å². The van der Waals surface area contributed by atoms with E-state index in [2.05, 4.69) is 0 Å². The molecule has 0 atom stereocenters. The summed E-state index contributed by atoms with van der Waals surface area (Å²) in [4.78, 5) is 11.9. The molecule has 0 bridgehead atoms. The number of hydrogen-bond donors (Lipinski definition) is 0. The molecule has 0 unspecified atom stereocenters. The van der Waals surface area contributed by atoms with Crippen LogP contribution in [0.3, 0.4) is 0 Å². The molecule has 0 amide bonds. The Morgan fingerprint density at radius 1 is 1.09 bits per heavy atom. The third-order valence-corrected chi connectivity index (χ3v) is 5.62. The molecule has 0 saturated heterocycles. The Morgan fingerprint density at radius 2 is 1.91 bits per heavy atom. The fraction of sp³-hybridized carbons (Fsp3) is 0.167. The number of esters is 1. The van der Waals surface area contributed by atoms with E-state index < -0.39 is 0 Å². The molecule has 4 heteroatoms. The van der Waals surface area contributed by atoms with Gasteiger partial charge in [-0.25, -0.2) is 0 Å². The van der Waals surface area contributed by atoms with Crippen molar-refractivity contribution in [3.63, 3.8) is 0 Å². The molecule has 0 radical (unpaired) electrons. The van der Waals surface area contributed by atoms with Crippen LogP contribution in [0, 0.1) is 0 Å². The predicted octanol–water partition coefficient (Wildman–Crippen LogP) is 3.65. The van der Waals surface area contributed by atoms with Gasteiger partial charge in [0.05, 0.1) is 0 Å². The quantitative estimate of drug-likeness (QED) is 0.515. The van der Waals surface area contributed by atoms with Gasteiger partial charge in [0.25, 0.3) is 0 Å². The van der Waals surface area contributed by atoms with Crippen LogP contribution in [-0.2, 0) is 11.3 Å². The van der Waals surface area contributed by atoms with Crippen molar-refractivity contribution in [3.8, 4) is 5.75 Å². The van der Waals surface area contributed by atoms with Crippen molar-refractivity contribution in [2.75, 3.05) is 6.61 Å². The zero-order valence-corrected chi connectivity index (χ0v) is 14.0. The number of rotatable bonds is 5. The number of fused-ring (bicyclic) bond motifs is 1. The van der Waals surface area contributed by atoms with E-state index in [0.29, 0.717) is 13.2 Å². The van der Waals surface area contributed by atoms with Crippen LogP contribution in [0.1, 0.15) is 21.7 Å². The average molecular weight is 359 g/mol. The SMILES string of the molecule is CCOC(=O)c1cc2cccc(OCc3ccccc3)c2[se]1. The predicted molar refractivity (Wildman–Crippen MR) is 87.6 cm³/mol. The van der Waals surface area contributed by atoms with E-state index in [1.807, 2.05) is 61.5 Å². The molecule has 3 aromatic rings. The molecular formula is C18H16O3Se. The fourth-order valence-corrected chi connectivity index (χ4v) is 4.33. The number of benzene rings is 2. The first-order valence-corrected chi connectivity index (χ1v) is 8.85. The van der Waals surface area contributed by atoms with Crippen LogP contribution in [0.5, 0.6) is 5.75 Å². The second kappa shape index (κ2) is 6.82. The molecule has 0 aliphatic carbocycles. The van der Waals surface area contributed by atoms with Gasteiger partial charge >= 0.3 is 135 Å². The van der Waals surface area contributed by atoms with Gasteiger partial charge in [-0.3, -0.25) is 0 Å². The standard InChI is InChI=1S/C18H16O3Se/c1-2-20-18(19)16-11-14-9-6-10-15(17(14)22-16)21-12-13-7-4-3-5-8-13/h3-11H,2,12H2,1H3. The second-order valence-electron chi connectivity index (χ2n) is 4.78. The van der Waals surface area contributed by atoms with E-state index in [4.69, 9.17) is 9.47 Å². The first-order chi connectivity index (χ1) is 10.8. The summed E-state index contributed by atoms with van der Waals surface area (Å²) in [7, 11) is 0. The monoisotopic (exact) mass is 360 g/mol. The Bertz CT molecular complexity index is 777. The first-order valence-electron chi connectivity index (χ1n) is 7.14. The van der Waals surface area contributed by atoms with E-state index in [1.54, 1.807) is 0 Å². The summed E-state index contributed by atoms with van der Waals surface area (Å²) in [5.74, 6) is 0.643. The number of carbonyl (C=O) groups is 1. The molecule has 0 spiro atoms. The van der Waals surface area contributed by atoms with E-state index in [1.165, 1.54) is 0 Å². The van der Waals surface area contributed by atoms with Crippen molar-refractivity contribution in [1.29, 1.82) is 0 Å². The van der Waals surface area contributed by atoms with Crippen LogP contribution < -0.4 is 4.74 Å². The van der Waals surface area contributed by atoms with Gasteiger partial charge in [0, 0.05) is 0 Å². The summed E-state index contributed by atoms with van der Waals surface area (Å²) >= 11 is -0.0606. The molecule has 22 heavy (non-hydrogen) atoms. The average Bonchev–Trinajstić information content (AvgIpc) is 2.99. The molecule has 0 aliphatic heterocycles. The molecule has 0 aliphatic rings. The molecule has 0 saturated carbocycles. The van der Waals surface area contributed by atoms with Gasteiger partial charge in [0.15, 0.2) is 0 Å². The van der Waals surface area contributed by atoms with Crippen molar-refractivity contribution in [3.05, 3.63) is 64.6 Å². The Kier molecular flexibility index (Phi) is 4.62. The molecule has 1 heterocycles. The number of ether oxygens (including phenoxy) is 2. The first kappa shape index (κ1) is 14.9. The zero-order valence-electron chi connectivity index (χ0n) is 12.2. The van der Waals surface area contributed by atoms with Crippen molar-refractivity contribution in [2.24, 2.45) is 0 Å². The summed E-state index contributed by atoms with van der Waals surface area (Å²) in [6.45, 7) is 2.75. The minimum absolute atomic E-state index is 0.0606. The zero-order chi connectivity index (χ0) is 15.4. The maximum atomic E-state index is 11.9. The van der Waals surface area contributed by atoms with Crippen LogP contribution in [0.2, 0.25) is 0 Å². The van der Waals surface area contributed by atoms with Crippen LogP contribution in [0.15, 0.2) is 54.6 Å². The normalized spacial score (nSPS) is 10.6. The number of carbonyl (C=O) groups excluding carboxylic acids is 1. The van der Waals surface area contributed by atoms with Crippen LogP contribution >= 0.6 is 0 Å². The Balaban J connectivity index is 1.85. The van der Waals surface area contributed by atoms with Gasteiger partial charge in [0.2, 0.25) is 0 Å². The van der Waals surface area contributed by atoms with Gasteiger partial charge in [-0.15, -0.1) is 0 Å². The van der Waals surface area contributed by atoms with Gasteiger partial charge in [0.1, 0.15) is 0 Å². The third-order valence-electron chi connectivity index (χ3n) is 3.22. The minimum atomic E-state index is -0.215. The third kappa shape index (κ3) is 3.24. The van der Waals surface area contributed by atoms with Crippen molar-refractivity contribution in [1.82, 2.24) is 0 Å². The molecule has 0 fully saturated rings. The Labute approximate surface area is 135 Å². The molecule has 2 aromatic carbocycles. The summed E-state index contributed by atoms with van der Waals surface area (Å²) < 4.78 is 12.9. The topological polar surface area (TPSA) is 35.5 Å². The van der Waals surface area contributed by atoms with Gasteiger partial charge in [-0.1, -0.05) is 0 Å². The molecule has 3 rings (SSSR count).